The van der Waals surface area contributed by atoms with Gasteiger partial charge in [0.2, 0.25) is 0 Å². The summed E-state index contributed by atoms with van der Waals surface area (Å²) in [5.74, 6) is 1.54. The number of hydrogen-bond donors (Lipinski definition) is 1. The number of methoxy groups -OCH3 is 1. The molecule has 2 unspecified atom stereocenters. The van der Waals surface area contributed by atoms with Crippen LogP contribution in [0.3, 0.4) is 0 Å². The largest absolute Gasteiger partial charge is 0.497 e. The van der Waals surface area contributed by atoms with Gasteiger partial charge in [-0.05, 0) is 37.1 Å². The van der Waals surface area contributed by atoms with E-state index in [0.717, 1.165) is 18.8 Å². The van der Waals surface area contributed by atoms with Crippen LogP contribution in [0.5, 0.6) is 5.75 Å². The Morgan fingerprint density at radius 1 is 1.38 bits per heavy atom. The second-order valence-corrected chi connectivity index (χ2v) is 4.53. The van der Waals surface area contributed by atoms with Crippen molar-refractivity contribution in [2.24, 2.45) is 5.73 Å². The number of nitrogens with zero attached hydrogens (tertiary/aromatic N) is 1. The minimum atomic E-state index is 0.534. The first-order valence-electron chi connectivity index (χ1n) is 5.79. The van der Waals surface area contributed by atoms with Gasteiger partial charge in [0.05, 0.1) is 7.11 Å². The maximum absolute atomic E-state index is 5.75. The van der Waals surface area contributed by atoms with Crippen LogP contribution in [0.1, 0.15) is 17.9 Å². The van der Waals surface area contributed by atoms with Crippen LogP contribution in [0.2, 0.25) is 0 Å². The molecule has 0 aliphatic carbocycles. The molecular weight excluding hydrogens is 200 g/mol. The number of ether oxygens (including phenoxy) is 1. The van der Waals surface area contributed by atoms with Crippen LogP contribution in [-0.4, -0.2) is 38.2 Å². The summed E-state index contributed by atoms with van der Waals surface area (Å²) >= 11 is 0. The lowest BCUT2D eigenvalue weighted by molar-refractivity contribution is 0.316. The van der Waals surface area contributed by atoms with Gasteiger partial charge in [0.1, 0.15) is 5.75 Å². The fraction of sp³-hybridized carbons (Fsp3) is 0.538. The van der Waals surface area contributed by atoms with Crippen LogP contribution in [0.15, 0.2) is 24.3 Å². The molecule has 2 rings (SSSR count). The summed E-state index contributed by atoms with van der Waals surface area (Å²) in [5.41, 5.74) is 7.14. The first kappa shape index (κ1) is 11.4. The molecule has 0 bridgehead atoms. The molecule has 1 heterocycles. The molecule has 0 aromatic heterocycles. The number of rotatable bonds is 3. The SMILES string of the molecule is COc1ccc(C2CC(CN)N(C)C2)cc1. The maximum atomic E-state index is 5.75. The Morgan fingerprint density at radius 2 is 2.06 bits per heavy atom. The Balaban J connectivity index is 2.08. The lowest BCUT2D eigenvalue weighted by Gasteiger charge is -2.15. The Labute approximate surface area is 97.2 Å². The summed E-state index contributed by atoms with van der Waals surface area (Å²) < 4.78 is 5.16. The van der Waals surface area contributed by atoms with Crippen molar-refractivity contribution < 1.29 is 4.74 Å². The second-order valence-electron chi connectivity index (χ2n) is 4.53. The van der Waals surface area contributed by atoms with E-state index in [0.29, 0.717) is 12.0 Å². The number of nitrogens with two attached hydrogens (primary N) is 1. The van der Waals surface area contributed by atoms with Gasteiger partial charge >= 0.3 is 0 Å². The summed E-state index contributed by atoms with van der Waals surface area (Å²) in [4.78, 5) is 2.36. The smallest absolute Gasteiger partial charge is 0.118 e. The number of likely N-dealkylation sites (tertiary alicyclic amines) is 1. The molecule has 1 aromatic carbocycles. The molecule has 3 nitrogen and oxygen atoms in total. The highest BCUT2D eigenvalue weighted by Gasteiger charge is 2.29. The third-order valence-electron chi connectivity index (χ3n) is 3.55. The summed E-state index contributed by atoms with van der Waals surface area (Å²) in [5, 5.41) is 0. The number of likely N-dealkylation sites (N-methyl/N-ethyl adjacent to an activating group) is 1. The van der Waals surface area contributed by atoms with Crippen molar-refractivity contribution in [3.63, 3.8) is 0 Å². The van der Waals surface area contributed by atoms with Crippen LogP contribution in [0.4, 0.5) is 0 Å². The third kappa shape index (κ3) is 2.20. The zero-order valence-electron chi connectivity index (χ0n) is 10.0. The maximum Gasteiger partial charge on any atom is 0.118 e. The Hall–Kier alpha value is -1.06. The van der Waals surface area contributed by atoms with Gasteiger partial charge in [-0.1, -0.05) is 12.1 Å². The lowest BCUT2D eigenvalue weighted by Crippen LogP contribution is -2.31. The lowest BCUT2D eigenvalue weighted by atomic mass is 9.96. The van der Waals surface area contributed by atoms with Gasteiger partial charge in [0, 0.05) is 19.1 Å². The van der Waals surface area contributed by atoms with E-state index in [1.165, 1.54) is 12.0 Å². The fourth-order valence-electron chi connectivity index (χ4n) is 2.47. The zero-order chi connectivity index (χ0) is 11.5. The number of hydrogen-bond acceptors (Lipinski definition) is 3. The molecule has 1 aromatic rings. The van der Waals surface area contributed by atoms with Gasteiger partial charge in [0.25, 0.3) is 0 Å². The van der Waals surface area contributed by atoms with Crippen molar-refractivity contribution in [1.29, 1.82) is 0 Å². The highest BCUT2D eigenvalue weighted by atomic mass is 16.5. The molecule has 1 aliphatic rings. The molecule has 16 heavy (non-hydrogen) atoms. The molecule has 0 saturated carbocycles. The van der Waals surface area contributed by atoms with Gasteiger partial charge in [-0.3, -0.25) is 0 Å². The standard InChI is InChI=1S/C13H20N2O/c1-15-9-11(7-12(15)8-14)10-3-5-13(16-2)6-4-10/h3-6,11-12H,7-9,14H2,1-2H3. The Bertz CT molecular complexity index is 336. The van der Waals surface area contributed by atoms with E-state index in [1.54, 1.807) is 7.11 Å². The van der Waals surface area contributed by atoms with Gasteiger partial charge in [-0.25, -0.2) is 0 Å². The van der Waals surface area contributed by atoms with Crippen LogP contribution < -0.4 is 10.5 Å². The summed E-state index contributed by atoms with van der Waals surface area (Å²) in [6, 6.07) is 8.93. The monoisotopic (exact) mass is 220 g/mol. The summed E-state index contributed by atoms with van der Waals surface area (Å²) in [6.07, 6.45) is 1.17. The Kier molecular flexibility index (Phi) is 3.46. The van der Waals surface area contributed by atoms with E-state index in [9.17, 15) is 0 Å². The number of benzene rings is 1. The van der Waals surface area contributed by atoms with Gasteiger partial charge in [0.15, 0.2) is 0 Å². The van der Waals surface area contributed by atoms with Crippen molar-refractivity contribution in [2.75, 3.05) is 27.2 Å². The van der Waals surface area contributed by atoms with Crippen molar-refractivity contribution in [1.82, 2.24) is 4.90 Å². The first-order valence-corrected chi connectivity index (χ1v) is 5.79. The van der Waals surface area contributed by atoms with Crippen LogP contribution >= 0.6 is 0 Å². The van der Waals surface area contributed by atoms with Gasteiger partial charge in [-0.2, -0.15) is 0 Å². The van der Waals surface area contributed by atoms with E-state index in [4.69, 9.17) is 10.5 Å². The second kappa shape index (κ2) is 4.85. The molecule has 2 N–H and O–H groups in total. The predicted molar refractivity (Wildman–Crippen MR) is 65.8 cm³/mol. The molecule has 1 saturated heterocycles. The van der Waals surface area contributed by atoms with Crippen molar-refractivity contribution in [2.45, 2.75) is 18.4 Å². The van der Waals surface area contributed by atoms with Gasteiger partial charge < -0.3 is 15.4 Å². The third-order valence-corrected chi connectivity index (χ3v) is 3.55. The average Bonchev–Trinajstić information content (AvgIpc) is 2.71. The molecule has 88 valence electrons. The van der Waals surface area contributed by atoms with E-state index in [2.05, 4.69) is 24.1 Å². The summed E-state index contributed by atoms with van der Waals surface area (Å²) in [6.45, 7) is 1.86. The first-order chi connectivity index (χ1) is 7.74. The van der Waals surface area contributed by atoms with E-state index < -0.39 is 0 Å². The quantitative estimate of drug-likeness (QED) is 0.837. The van der Waals surface area contributed by atoms with E-state index >= 15 is 0 Å². The van der Waals surface area contributed by atoms with Crippen LogP contribution in [0, 0.1) is 0 Å². The van der Waals surface area contributed by atoms with Crippen LogP contribution in [0.25, 0.3) is 0 Å². The fourth-order valence-corrected chi connectivity index (χ4v) is 2.47. The molecule has 3 heteroatoms. The zero-order valence-corrected chi connectivity index (χ0v) is 10.0. The highest BCUT2D eigenvalue weighted by Crippen LogP contribution is 2.31. The average molecular weight is 220 g/mol. The topological polar surface area (TPSA) is 38.5 Å². The normalized spacial score (nSPS) is 25.9. The molecular formula is C13H20N2O. The minimum absolute atomic E-state index is 0.534. The molecule has 0 radical (unpaired) electrons. The predicted octanol–water partition coefficient (Wildman–Crippen LogP) is 1.44. The van der Waals surface area contributed by atoms with E-state index in [-0.39, 0.29) is 0 Å². The summed E-state index contributed by atoms with van der Waals surface area (Å²) in [7, 11) is 3.85. The Morgan fingerprint density at radius 3 is 2.56 bits per heavy atom. The van der Waals surface area contributed by atoms with E-state index in [1.807, 2.05) is 12.1 Å². The van der Waals surface area contributed by atoms with Crippen molar-refractivity contribution in [3.05, 3.63) is 29.8 Å². The van der Waals surface area contributed by atoms with Crippen molar-refractivity contribution in [3.8, 4) is 5.75 Å². The molecule has 0 amide bonds. The molecule has 0 spiro atoms. The minimum Gasteiger partial charge on any atom is -0.497 e. The molecule has 2 atom stereocenters. The molecule has 1 aliphatic heterocycles. The van der Waals surface area contributed by atoms with Crippen molar-refractivity contribution >= 4 is 0 Å². The molecule has 1 fully saturated rings. The van der Waals surface area contributed by atoms with Gasteiger partial charge in [-0.15, -0.1) is 0 Å². The highest BCUT2D eigenvalue weighted by molar-refractivity contribution is 5.30. The van der Waals surface area contributed by atoms with Crippen LogP contribution in [-0.2, 0) is 0 Å².